The summed E-state index contributed by atoms with van der Waals surface area (Å²) >= 11 is 3.54. The molecule has 0 saturated carbocycles. The Morgan fingerprint density at radius 2 is 2.08 bits per heavy atom. The fourth-order valence-corrected chi connectivity index (χ4v) is 4.82. The molecule has 4 rings (SSSR count). The van der Waals surface area contributed by atoms with E-state index in [9.17, 15) is 13.0 Å². The van der Waals surface area contributed by atoms with Crippen LogP contribution in [0.15, 0.2) is 22.7 Å². The van der Waals surface area contributed by atoms with Crippen molar-refractivity contribution in [2.24, 2.45) is 0 Å². The van der Waals surface area contributed by atoms with Gasteiger partial charge in [0.2, 0.25) is 0 Å². The van der Waals surface area contributed by atoms with Gasteiger partial charge in [0.05, 0.1) is 17.1 Å². The standard InChI is InChI=1S/C17H18BrN3O3S/c1-3-20-15-5-4-11(18)8-13(15)12-6-7-21-10(2)19-14(9-25(22,23)24)17(21)16(12)20/h4-5,8H,3,6-7,9H2,1-2H3,(H,22,23,24). The first-order valence-electron chi connectivity index (χ1n) is 8.12. The lowest BCUT2D eigenvalue weighted by Crippen LogP contribution is -2.15. The van der Waals surface area contributed by atoms with Gasteiger partial charge in [0.15, 0.2) is 0 Å². The van der Waals surface area contributed by atoms with Gasteiger partial charge in [0.1, 0.15) is 11.6 Å². The molecule has 6 nitrogen and oxygen atoms in total. The number of nitrogens with zero attached hydrogens (tertiary/aromatic N) is 3. The van der Waals surface area contributed by atoms with E-state index in [0.29, 0.717) is 5.69 Å². The maximum Gasteiger partial charge on any atom is 0.270 e. The van der Waals surface area contributed by atoms with Gasteiger partial charge in [-0.3, -0.25) is 4.55 Å². The Morgan fingerprint density at radius 3 is 2.76 bits per heavy atom. The predicted molar refractivity (Wildman–Crippen MR) is 100 cm³/mol. The van der Waals surface area contributed by atoms with Gasteiger partial charge in [-0.25, -0.2) is 4.98 Å². The zero-order valence-electron chi connectivity index (χ0n) is 14.0. The number of hydrogen-bond acceptors (Lipinski definition) is 3. The van der Waals surface area contributed by atoms with Crippen LogP contribution < -0.4 is 0 Å². The lowest BCUT2D eigenvalue weighted by Gasteiger charge is -2.20. The van der Waals surface area contributed by atoms with Crippen LogP contribution in [0.5, 0.6) is 0 Å². The molecule has 2 aromatic heterocycles. The van der Waals surface area contributed by atoms with Crippen molar-refractivity contribution in [2.75, 3.05) is 0 Å². The Balaban J connectivity index is 2.08. The van der Waals surface area contributed by atoms with Crippen LogP contribution >= 0.6 is 15.9 Å². The molecule has 1 aromatic carbocycles. The number of imidazole rings is 1. The number of hydrogen-bond donors (Lipinski definition) is 1. The molecule has 1 aliphatic heterocycles. The average molecular weight is 424 g/mol. The van der Waals surface area contributed by atoms with Crippen molar-refractivity contribution in [3.8, 4) is 11.4 Å². The van der Waals surface area contributed by atoms with Gasteiger partial charge in [0.25, 0.3) is 10.1 Å². The summed E-state index contributed by atoms with van der Waals surface area (Å²) in [6.45, 7) is 5.47. The van der Waals surface area contributed by atoms with Crippen LogP contribution in [0.4, 0.5) is 0 Å². The van der Waals surface area contributed by atoms with E-state index in [-0.39, 0.29) is 0 Å². The fourth-order valence-electron chi connectivity index (χ4n) is 3.91. The number of aromatic nitrogens is 3. The van der Waals surface area contributed by atoms with E-state index in [1.54, 1.807) is 0 Å². The first-order valence-corrected chi connectivity index (χ1v) is 10.5. The fraction of sp³-hybridized carbons (Fsp3) is 0.353. The van der Waals surface area contributed by atoms with Gasteiger partial charge in [-0.2, -0.15) is 8.42 Å². The van der Waals surface area contributed by atoms with E-state index < -0.39 is 15.9 Å². The summed E-state index contributed by atoms with van der Waals surface area (Å²) < 4.78 is 37.6. The Kier molecular flexibility index (Phi) is 3.82. The van der Waals surface area contributed by atoms with Crippen LogP contribution in [0.2, 0.25) is 0 Å². The molecule has 132 valence electrons. The minimum Gasteiger partial charge on any atom is -0.339 e. The quantitative estimate of drug-likeness (QED) is 0.653. The molecule has 0 unspecified atom stereocenters. The Hall–Kier alpha value is -1.64. The molecule has 0 atom stereocenters. The molecule has 0 amide bonds. The molecular weight excluding hydrogens is 406 g/mol. The molecule has 0 bridgehead atoms. The number of aryl methyl sites for hydroxylation is 3. The van der Waals surface area contributed by atoms with Gasteiger partial charge in [-0.1, -0.05) is 15.9 Å². The predicted octanol–water partition coefficient (Wildman–Crippen LogP) is 3.54. The maximum absolute atomic E-state index is 11.5. The molecule has 0 saturated heterocycles. The van der Waals surface area contributed by atoms with Crippen LogP contribution in [-0.2, 0) is 35.4 Å². The number of rotatable bonds is 3. The van der Waals surface area contributed by atoms with Gasteiger partial charge in [0, 0.05) is 28.5 Å². The van der Waals surface area contributed by atoms with Crippen LogP contribution in [0.25, 0.3) is 22.3 Å². The zero-order chi connectivity index (χ0) is 17.9. The van der Waals surface area contributed by atoms with Crippen LogP contribution in [-0.4, -0.2) is 27.1 Å². The van der Waals surface area contributed by atoms with Crippen LogP contribution in [0.1, 0.15) is 24.0 Å². The summed E-state index contributed by atoms with van der Waals surface area (Å²) in [6.07, 6.45) is 0.866. The third kappa shape index (κ3) is 2.63. The minimum absolute atomic E-state index is 0.414. The summed E-state index contributed by atoms with van der Waals surface area (Å²) in [5, 5.41) is 1.18. The smallest absolute Gasteiger partial charge is 0.270 e. The summed E-state index contributed by atoms with van der Waals surface area (Å²) in [4.78, 5) is 4.44. The lowest BCUT2D eigenvalue weighted by molar-refractivity contribution is 0.481. The topological polar surface area (TPSA) is 77.1 Å². The highest BCUT2D eigenvalue weighted by atomic mass is 79.9. The van der Waals surface area contributed by atoms with E-state index in [4.69, 9.17) is 0 Å². The SMILES string of the molecule is CCn1c2c(c3cc(Br)ccc31)CCn1c(C)nc(CS(=O)(=O)O)c1-2. The van der Waals surface area contributed by atoms with Gasteiger partial charge >= 0.3 is 0 Å². The van der Waals surface area contributed by atoms with E-state index in [0.717, 1.165) is 46.7 Å². The Bertz CT molecular complexity index is 1110. The third-order valence-corrected chi connectivity index (χ3v) is 5.94. The minimum atomic E-state index is -4.15. The summed E-state index contributed by atoms with van der Waals surface area (Å²) in [6, 6.07) is 6.21. The van der Waals surface area contributed by atoms with Crippen molar-refractivity contribution >= 4 is 37.0 Å². The average Bonchev–Trinajstić information content (AvgIpc) is 3.00. The molecule has 1 N–H and O–H groups in total. The lowest BCUT2D eigenvalue weighted by atomic mass is 10.0. The van der Waals surface area contributed by atoms with Crippen LogP contribution in [0, 0.1) is 6.92 Å². The van der Waals surface area contributed by atoms with Crippen molar-refractivity contribution in [3.63, 3.8) is 0 Å². The van der Waals surface area contributed by atoms with Gasteiger partial charge in [-0.15, -0.1) is 0 Å². The highest BCUT2D eigenvalue weighted by molar-refractivity contribution is 9.10. The molecule has 0 radical (unpaired) electrons. The normalized spacial score (nSPS) is 13.9. The van der Waals surface area contributed by atoms with Crippen LogP contribution in [0.3, 0.4) is 0 Å². The Labute approximate surface area is 154 Å². The van der Waals surface area contributed by atoms with E-state index in [1.165, 1.54) is 10.9 Å². The van der Waals surface area contributed by atoms with Gasteiger partial charge in [-0.05, 0) is 44.0 Å². The van der Waals surface area contributed by atoms with Crippen molar-refractivity contribution < 1.29 is 13.0 Å². The molecular formula is C17H18BrN3O3S. The molecule has 0 spiro atoms. The Morgan fingerprint density at radius 1 is 1.32 bits per heavy atom. The third-order valence-electron chi connectivity index (χ3n) is 4.81. The maximum atomic E-state index is 11.5. The highest BCUT2D eigenvalue weighted by Gasteiger charge is 2.30. The molecule has 0 aliphatic carbocycles. The van der Waals surface area contributed by atoms with E-state index in [1.807, 2.05) is 13.0 Å². The molecule has 3 heterocycles. The molecule has 0 fully saturated rings. The second kappa shape index (κ2) is 5.69. The number of halogens is 1. The monoisotopic (exact) mass is 423 g/mol. The van der Waals surface area contributed by atoms with Crippen molar-refractivity contribution in [1.82, 2.24) is 14.1 Å². The molecule has 8 heteroatoms. The first-order chi connectivity index (χ1) is 11.8. The number of fused-ring (bicyclic) bond motifs is 5. The largest absolute Gasteiger partial charge is 0.339 e. The van der Waals surface area contributed by atoms with Crippen molar-refractivity contribution in [2.45, 2.75) is 39.1 Å². The molecule has 25 heavy (non-hydrogen) atoms. The number of benzene rings is 1. The first kappa shape index (κ1) is 16.8. The second-order valence-corrected chi connectivity index (χ2v) is 8.68. The summed E-state index contributed by atoms with van der Waals surface area (Å²) in [7, 11) is -4.15. The summed E-state index contributed by atoms with van der Waals surface area (Å²) in [5.41, 5.74) is 4.58. The van der Waals surface area contributed by atoms with Crippen molar-refractivity contribution in [3.05, 3.63) is 39.8 Å². The second-order valence-electron chi connectivity index (χ2n) is 6.32. The molecule has 1 aliphatic rings. The highest BCUT2D eigenvalue weighted by Crippen LogP contribution is 2.40. The van der Waals surface area contributed by atoms with E-state index >= 15 is 0 Å². The van der Waals surface area contributed by atoms with Crippen molar-refractivity contribution in [1.29, 1.82) is 0 Å². The van der Waals surface area contributed by atoms with Gasteiger partial charge < -0.3 is 9.13 Å². The van der Waals surface area contributed by atoms with E-state index in [2.05, 4.69) is 49.1 Å². The summed E-state index contributed by atoms with van der Waals surface area (Å²) in [5.74, 6) is 0.304. The zero-order valence-corrected chi connectivity index (χ0v) is 16.4. The molecule has 3 aromatic rings.